The molecule has 4 aromatic rings. The molecule has 0 aliphatic carbocycles. The van der Waals surface area contributed by atoms with Gasteiger partial charge in [0.25, 0.3) is 0 Å². The van der Waals surface area contributed by atoms with Crippen molar-refractivity contribution < 1.29 is 4.42 Å². The van der Waals surface area contributed by atoms with Crippen LogP contribution in [0.3, 0.4) is 0 Å². The monoisotopic (exact) mass is 333 g/mol. The van der Waals surface area contributed by atoms with Gasteiger partial charge in [0.2, 0.25) is 5.95 Å². The Balaban J connectivity index is 1.76. The maximum Gasteiger partial charge on any atom is 0.417 e. The number of nitrogen functional groups attached to an aromatic ring is 1. The number of rotatable bonds is 3. The third-order valence-corrected chi connectivity index (χ3v) is 3.89. The molecule has 4 rings (SSSR count). The molecule has 0 unspecified atom stereocenters. The van der Waals surface area contributed by atoms with Gasteiger partial charge in [0.05, 0.1) is 11.2 Å². The topological polar surface area (TPSA) is 110 Å². The predicted octanol–water partition coefficient (Wildman–Crippen LogP) is 3.21. The van der Waals surface area contributed by atoms with Gasteiger partial charge in [-0.05, 0) is 25.1 Å². The van der Waals surface area contributed by atoms with E-state index in [-0.39, 0.29) is 5.95 Å². The van der Waals surface area contributed by atoms with Crippen molar-refractivity contribution in [3.63, 3.8) is 0 Å². The Morgan fingerprint density at radius 1 is 1.12 bits per heavy atom. The smallest absolute Gasteiger partial charge is 0.408 e. The molecule has 124 valence electrons. The fourth-order valence-electron chi connectivity index (χ4n) is 2.70. The van der Waals surface area contributed by atoms with Crippen LogP contribution < -0.4 is 16.8 Å². The summed E-state index contributed by atoms with van der Waals surface area (Å²) < 4.78 is 5.01. The fraction of sp³-hybridized carbons (Fsp3) is 0.0556. The Kier molecular flexibility index (Phi) is 3.46. The molecule has 0 fully saturated rings. The minimum absolute atomic E-state index is 0.185. The Hall–Kier alpha value is -3.61. The van der Waals surface area contributed by atoms with Gasteiger partial charge >= 0.3 is 5.76 Å². The molecule has 0 amide bonds. The number of nitrogens with one attached hydrogen (secondary N) is 2. The van der Waals surface area contributed by atoms with E-state index in [1.807, 2.05) is 37.3 Å². The maximum absolute atomic E-state index is 11.3. The lowest BCUT2D eigenvalue weighted by Crippen LogP contribution is -2.05. The molecule has 2 heterocycles. The van der Waals surface area contributed by atoms with Crippen LogP contribution >= 0.6 is 0 Å². The van der Waals surface area contributed by atoms with Gasteiger partial charge in [-0.15, -0.1) is 0 Å². The molecule has 2 aromatic carbocycles. The molecule has 7 nitrogen and oxygen atoms in total. The standard InChI is InChI=1S/C18H15N5O2/c1-10-15(11-5-3-2-4-6-11)22-17(19)23-16(10)20-12-7-8-14-13(9-12)21-18(24)25-14/h2-9H,1H3,(H,21,24)(H3,19,20,22,23). The van der Waals surface area contributed by atoms with E-state index in [0.717, 1.165) is 22.5 Å². The van der Waals surface area contributed by atoms with Gasteiger partial charge in [0, 0.05) is 16.8 Å². The maximum atomic E-state index is 11.3. The second-order valence-corrected chi connectivity index (χ2v) is 5.62. The third kappa shape index (κ3) is 2.83. The lowest BCUT2D eigenvalue weighted by Gasteiger charge is -2.13. The minimum Gasteiger partial charge on any atom is -0.408 e. The van der Waals surface area contributed by atoms with Crippen LogP contribution in [0, 0.1) is 6.92 Å². The van der Waals surface area contributed by atoms with Crippen molar-refractivity contribution >= 4 is 28.6 Å². The highest BCUT2D eigenvalue weighted by Gasteiger charge is 2.12. The van der Waals surface area contributed by atoms with Crippen LogP contribution in [0.4, 0.5) is 17.5 Å². The zero-order valence-electron chi connectivity index (χ0n) is 13.4. The largest absolute Gasteiger partial charge is 0.417 e. The number of nitrogens with zero attached hydrogens (tertiary/aromatic N) is 2. The number of aromatic amines is 1. The number of H-pyrrole nitrogens is 1. The summed E-state index contributed by atoms with van der Waals surface area (Å²) in [5, 5.41) is 3.23. The number of fused-ring (bicyclic) bond motifs is 1. The quantitative estimate of drug-likeness (QED) is 0.531. The van der Waals surface area contributed by atoms with Gasteiger partial charge in [-0.3, -0.25) is 4.98 Å². The van der Waals surface area contributed by atoms with Crippen molar-refractivity contribution in [2.45, 2.75) is 6.92 Å². The van der Waals surface area contributed by atoms with Crippen molar-refractivity contribution in [1.82, 2.24) is 15.0 Å². The van der Waals surface area contributed by atoms with Gasteiger partial charge in [0.15, 0.2) is 5.58 Å². The number of benzene rings is 2. The fourth-order valence-corrected chi connectivity index (χ4v) is 2.70. The first-order valence-corrected chi connectivity index (χ1v) is 7.69. The SMILES string of the molecule is Cc1c(Nc2ccc3oc(=O)[nH]c3c2)nc(N)nc1-c1ccccc1. The minimum atomic E-state index is -0.485. The lowest BCUT2D eigenvalue weighted by atomic mass is 10.1. The summed E-state index contributed by atoms with van der Waals surface area (Å²) in [6.07, 6.45) is 0. The summed E-state index contributed by atoms with van der Waals surface area (Å²) in [5.41, 5.74) is 10.4. The van der Waals surface area contributed by atoms with Gasteiger partial charge in [-0.2, -0.15) is 4.98 Å². The first kappa shape index (κ1) is 14.9. The van der Waals surface area contributed by atoms with Gasteiger partial charge in [-0.1, -0.05) is 30.3 Å². The summed E-state index contributed by atoms with van der Waals surface area (Å²) in [6, 6.07) is 15.1. The Morgan fingerprint density at radius 2 is 1.92 bits per heavy atom. The number of anilines is 3. The highest BCUT2D eigenvalue weighted by Crippen LogP contribution is 2.28. The Labute approximate surface area is 142 Å². The molecule has 2 aromatic heterocycles. The van der Waals surface area contributed by atoms with Crippen LogP contribution in [0.5, 0.6) is 0 Å². The number of nitrogens with two attached hydrogens (primary N) is 1. The summed E-state index contributed by atoms with van der Waals surface area (Å²) in [5.74, 6) is 0.308. The van der Waals surface area contributed by atoms with Crippen LogP contribution in [0.25, 0.3) is 22.4 Å². The van der Waals surface area contributed by atoms with Gasteiger partial charge < -0.3 is 15.5 Å². The van der Waals surface area contributed by atoms with Crippen molar-refractivity contribution in [2.75, 3.05) is 11.1 Å². The average Bonchev–Trinajstić information content (AvgIpc) is 2.98. The highest BCUT2D eigenvalue weighted by molar-refractivity contribution is 5.79. The number of hydrogen-bond acceptors (Lipinski definition) is 6. The van der Waals surface area contributed by atoms with Crippen LogP contribution in [-0.4, -0.2) is 15.0 Å². The molecule has 0 radical (unpaired) electrons. The Morgan fingerprint density at radius 3 is 2.72 bits per heavy atom. The molecule has 0 saturated heterocycles. The molecule has 0 spiro atoms. The van der Waals surface area contributed by atoms with E-state index >= 15 is 0 Å². The van der Waals surface area contributed by atoms with Gasteiger partial charge in [0.1, 0.15) is 5.82 Å². The van der Waals surface area contributed by atoms with E-state index in [2.05, 4.69) is 20.3 Å². The highest BCUT2D eigenvalue weighted by atomic mass is 16.4. The summed E-state index contributed by atoms with van der Waals surface area (Å²) in [7, 11) is 0. The van der Waals surface area contributed by atoms with E-state index in [9.17, 15) is 4.79 Å². The second-order valence-electron chi connectivity index (χ2n) is 5.62. The summed E-state index contributed by atoms with van der Waals surface area (Å²) >= 11 is 0. The summed E-state index contributed by atoms with van der Waals surface area (Å²) in [4.78, 5) is 22.6. The van der Waals surface area contributed by atoms with E-state index in [1.165, 1.54) is 0 Å². The van der Waals surface area contributed by atoms with Crippen molar-refractivity contribution in [3.8, 4) is 11.3 Å². The van der Waals surface area contributed by atoms with Gasteiger partial charge in [-0.25, -0.2) is 9.78 Å². The number of hydrogen-bond donors (Lipinski definition) is 3. The molecular weight excluding hydrogens is 318 g/mol. The second kappa shape index (κ2) is 5.79. The number of aromatic nitrogens is 3. The molecule has 0 bridgehead atoms. The molecule has 0 aliphatic rings. The molecule has 25 heavy (non-hydrogen) atoms. The zero-order valence-corrected chi connectivity index (χ0v) is 13.4. The van der Waals surface area contributed by atoms with Crippen LogP contribution in [0.1, 0.15) is 5.56 Å². The lowest BCUT2D eigenvalue weighted by molar-refractivity contribution is 0.555. The summed E-state index contributed by atoms with van der Waals surface area (Å²) in [6.45, 7) is 1.93. The molecule has 7 heteroatoms. The predicted molar refractivity (Wildman–Crippen MR) is 96.7 cm³/mol. The van der Waals surface area contributed by atoms with E-state index in [4.69, 9.17) is 10.2 Å². The average molecular weight is 333 g/mol. The van der Waals surface area contributed by atoms with E-state index < -0.39 is 5.76 Å². The zero-order chi connectivity index (χ0) is 17.4. The normalized spacial score (nSPS) is 10.9. The van der Waals surface area contributed by atoms with E-state index in [1.54, 1.807) is 18.2 Å². The molecule has 0 atom stereocenters. The molecule has 0 saturated carbocycles. The third-order valence-electron chi connectivity index (χ3n) is 3.89. The van der Waals surface area contributed by atoms with Crippen molar-refractivity contribution in [2.24, 2.45) is 0 Å². The molecule has 4 N–H and O–H groups in total. The van der Waals surface area contributed by atoms with Crippen molar-refractivity contribution in [1.29, 1.82) is 0 Å². The van der Waals surface area contributed by atoms with Crippen LogP contribution in [-0.2, 0) is 0 Å². The number of oxazole rings is 1. The van der Waals surface area contributed by atoms with Crippen molar-refractivity contribution in [3.05, 3.63) is 64.6 Å². The first-order chi connectivity index (χ1) is 12.1. The van der Waals surface area contributed by atoms with Crippen LogP contribution in [0.2, 0.25) is 0 Å². The molecular formula is C18H15N5O2. The Bertz CT molecular complexity index is 1120. The first-order valence-electron chi connectivity index (χ1n) is 7.69. The van der Waals surface area contributed by atoms with E-state index in [0.29, 0.717) is 16.9 Å². The van der Waals surface area contributed by atoms with Crippen LogP contribution in [0.15, 0.2) is 57.7 Å². The molecule has 0 aliphatic heterocycles.